The van der Waals surface area contributed by atoms with E-state index in [1.807, 2.05) is 43.5 Å². The Balaban J connectivity index is 1.59. The third-order valence-electron chi connectivity index (χ3n) is 4.80. The van der Waals surface area contributed by atoms with Gasteiger partial charge in [0.25, 0.3) is 0 Å². The Hall–Kier alpha value is -3.06. The zero-order chi connectivity index (χ0) is 20.6. The van der Waals surface area contributed by atoms with E-state index >= 15 is 0 Å². The van der Waals surface area contributed by atoms with E-state index in [9.17, 15) is 4.79 Å². The first-order valence-corrected chi connectivity index (χ1v) is 10.2. The minimum absolute atomic E-state index is 0.277. The minimum Gasteiger partial charge on any atom is -0.386 e. The van der Waals surface area contributed by atoms with Crippen molar-refractivity contribution in [1.29, 1.82) is 0 Å². The Morgan fingerprint density at radius 3 is 2.79 bits per heavy atom. The van der Waals surface area contributed by atoms with E-state index in [0.717, 1.165) is 55.7 Å². The van der Waals surface area contributed by atoms with Crippen LogP contribution < -0.4 is 22.1 Å². The number of nitrogens with two attached hydrogens (primary N) is 1. The molecule has 0 radical (unpaired) electrons. The molecular formula is C22H30N6O. The van der Waals surface area contributed by atoms with Gasteiger partial charge in [-0.2, -0.15) is 4.98 Å². The van der Waals surface area contributed by atoms with Gasteiger partial charge in [-0.1, -0.05) is 25.5 Å². The molecule has 29 heavy (non-hydrogen) atoms. The van der Waals surface area contributed by atoms with Crippen molar-refractivity contribution in [3.05, 3.63) is 70.2 Å². The van der Waals surface area contributed by atoms with Crippen molar-refractivity contribution in [2.75, 3.05) is 13.1 Å². The predicted molar refractivity (Wildman–Crippen MR) is 118 cm³/mol. The molecule has 2 heterocycles. The van der Waals surface area contributed by atoms with Gasteiger partial charge in [-0.15, -0.1) is 0 Å². The molecule has 0 spiro atoms. The van der Waals surface area contributed by atoms with Crippen LogP contribution in [0.25, 0.3) is 16.7 Å². The molecule has 1 aromatic carbocycles. The number of aromatic amines is 1. The molecule has 154 valence electrons. The second-order valence-corrected chi connectivity index (χ2v) is 7.11. The van der Waals surface area contributed by atoms with Crippen LogP contribution in [0, 0.1) is 0 Å². The van der Waals surface area contributed by atoms with Crippen molar-refractivity contribution >= 4 is 11.0 Å². The van der Waals surface area contributed by atoms with Crippen LogP contribution in [0.1, 0.15) is 37.9 Å². The van der Waals surface area contributed by atoms with Gasteiger partial charge in [0.2, 0.25) is 0 Å². The molecule has 0 bridgehead atoms. The summed E-state index contributed by atoms with van der Waals surface area (Å²) >= 11 is 0. The van der Waals surface area contributed by atoms with E-state index in [4.69, 9.17) is 5.73 Å². The van der Waals surface area contributed by atoms with Crippen LogP contribution in [0.4, 0.5) is 0 Å². The molecule has 0 saturated carbocycles. The number of benzene rings is 1. The van der Waals surface area contributed by atoms with Crippen LogP contribution in [0.15, 0.2) is 53.2 Å². The smallest absolute Gasteiger partial charge is 0.354 e. The fourth-order valence-electron chi connectivity index (χ4n) is 3.20. The van der Waals surface area contributed by atoms with Crippen molar-refractivity contribution in [2.24, 2.45) is 5.73 Å². The molecule has 0 aliphatic rings. The fraction of sp³-hybridized carbons (Fsp3) is 0.364. The summed E-state index contributed by atoms with van der Waals surface area (Å²) in [5.74, 6) is 0.713. The van der Waals surface area contributed by atoms with Gasteiger partial charge in [0.05, 0.1) is 11.5 Å². The first-order chi connectivity index (χ1) is 14.1. The molecule has 0 unspecified atom stereocenters. The molecule has 7 heteroatoms. The van der Waals surface area contributed by atoms with Gasteiger partial charge in [0.15, 0.2) is 0 Å². The van der Waals surface area contributed by atoms with Crippen LogP contribution in [0.2, 0.25) is 0 Å². The van der Waals surface area contributed by atoms with Crippen LogP contribution >= 0.6 is 0 Å². The maximum Gasteiger partial charge on any atom is 0.354 e. The van der Waals surface area contributed by atoms with Gasteiger partial charge in [0.1, 0.15) is 5.65 Å². The van der Waals surface area contributed by atoms with Crippen molar-refractivity contribution in [3.8, 4) is 5.69 Å². The van der Waals surface area contributed by atoms with Gasteiger partial charge in [-0.25, -0.2) is 4.79 Å². The Kier molecular flexibility index (Phi) is 7.08. The number of rotatable bonds is 10. The summed E-state index contributed by atoms with van der Waals surface area (Å²) in [6.45, 7) is 6.57. The topological polar surface area (TPSA) is 101 Å². The third-order valence-corrected chi connectivity index (χ3v) is 4.80. The van der Waals surface area contributed by atoms with Crippen LogP contribution in [0.3, 0.4) is 0 Å². The number of hydrogen-bond acceptors (Lipinski definition) is 5. The van der Waals surface area contributed by atoms with Crippen LogP contribution in [-0.2, 0) is 13.0 Å². The van der Waals surface area contributed by atoms with Gasteiger partial charge >= 0.3 is 5.69 Å². The summed E-state index contributed by atoms with van der Waals surface area (Å²) in [5.41, 5.74) is 9.17. The average molecular weight is 395 g/mol. The van der Waals surface area contributed by atoms with Gasteiger partial charge < -0.3 is 21.4 Å². The summed E-state index contributed by atoms with van der Waals surface area (Å²) in [6.07, 6.45) is 6.70. The van der Waals surface area contributed by atoms with Crippen molar-refractivity contribution < 1.29 is 0 Å². The highest BCUT2D eigenvalue weighted by Crippen LogP contribution is 2.15. The van der Waals surface area contributed by atoms with E-state index in [-0.39, 0.29) is 5.69 Å². The first kappa shape index (κ1) is 20.7. The number of fused-ring (bicyclic) bond motifs is 1. The molecule has 7 nitrogen and oxygen atoms in total. The fourth-order valence-corrected chi connectivity index (χ4v) is 3.20. The third kappa shape index (κ3) is 5.48. The highest BCUT2D eigenvalue weighted by molar-refractivity contribution is 5.75. The van der Waals surface area contributed by atoms with Gasteiger partial charge in [-0.05, 0) is 56.1 Å². The average Bonchev–Trinajstić information content (AvgIpc) is 3.11. The Morgan fingerprint density at radius 2 is 2.07 bits per heavy atom. The highest BCUT2D eigenvalue weighted by atomic mass is 16.1. The monoisotopic (exact) mass is 394 g/mol. The molecular weight excluding hydrogens is 364 g/mol. The van der Waals surface area contributed by atoms with Crippen LogP contribution in [0.5, 0.6) is 0 Å². The molecule has 0 aliphatic heterocycles. The number of nitrogens with zero attached hydrogens (tertiary/aromatic N) is 2. The first-order valence-electron chi connectivity index (χ1n) is 10.2. The molecule has 3 aromatic rings. The Bertz CT molecular complexity index is 1020. The van der Waals surface area contributed by atoms with E-state index < -0.39 is 0 Å². The maximum absolute atomic E-state index is 12.4. The molecule has 0 saturated heterocycles. The Labute approximate surface area is 171 Å². The summed E-state index contributed by atoms with van der Waals surface area (Å²) in [6, 6.07) is 10.1. The molecule has 0 amide bonds. The van der Waals surface area contributed by atoms with E-state index in [2.05, 4.69) is 33.6 Å². The summed E-state index contributed by atoms with van der Waals surface area (Å²) in [5, 5.41) is 7.51. The van der Waals surface area contributed by atoms with Crippen molar-refractivity contribution in [3.63, 3.8) is 0 Å². The summed E-state index contributed by atoms with van der Waals surface area (Å²) in [4.78, 5) is 19.8. The normalized spacial score (nSPS) is 11.9. The SMILES string of the molecule is C/C=C(/N)NCCCNCc1ccc(-n2cc3cc(CCC)[nH]c3nc2=O)cc1. The lowest BCUT2D eigenvalue weighted by Gasteiger charge is -2.09. The molecule has 3 rings (SSSR count). The van der Waals surface area contributed by atoms with Gasteiger partial charge in [0, 0.05) is 30.4 Å². The number of H-pyrrole nitrogens is 1. The second-order valence-electron chi connectivity index (χ2n) is 7.11. The van der Waals surface area contributed by atoms with Gasteiger partial charge in [-0.3, -0.25) is 4.57 Å². The molecule has 0 aliphatic carbocycles. The predicted octanol–water partition coefficient (Wildman–Crippen LogP) is 2.56. The zero-order valence-corrected chi connectivity index (χ0v) is 17.2. The van der Waals surface area contributed by atoms with Crippen molar-refractivity contribution in [2.45, 2.75) is 39.7 Å². The van der Waals surface area contributed by atoms with E-state index in [0.29, 0.717) is 11.5 Å². The standard InChI is InChI=1S/C22H30N6O/c1-3-6-18-13-17-15-28(22(29)27-21(17)26-18)19-9-7-16(8-10-19)14-24-11-5-12-25-20(23)4-2/h4,7-10,13,15,24-25H,3,5-6,11-12,14,23H2,1-2H3,(H,26,27,29)/b20-4-. The van der Waals surface area contributed by atoms with E-state index in [1.54, 1.807) is 4.57 Å². The van der Waals surface area contributed by atoms with E-state index in [1.165, 1.54) is 5.56 Å². The lowest BCUT2D eigenvalue weighted by atomic mass is 10.2. The molecule has 0 fully saturated rings. The molecule has 2 aromatic heterocycles. The maximum atomic E-state index is 12.4. The number of allylic oxidation sites excluding steroid dienone is 1. The summed E-state index contributed by atoms with van der Waals surface area (Å²) < 4.78 is 1.60. The quantitative estimate of drug-likeness (QED) is 0.396. The highest BCUT2D eigenvalue weighted by Gasteiger charge is 2.07. The largest absolute Gasteiger partial charge is 0.386 e. The van der Waals surface area contributed by atoms with Crippen LogP contribution in [-0.4, -0.2) is 27.6 Å². The minimum atomic E-state index is -0.277. The van der Waals surface area contributed by atoms with Crippen molar-refractivity contribution in [1.82, 2.24) is 25.2 Å². The summed E-state index contributed by atoms with van der Waals surface area (Å²) in [7, 11) is 0. The number of hydrogen-bond donors (Lipinski definition) is 4. The lowest BCUT2D eigenvalue weighted by molar-refractivity contribution is 0.624. The Morgan fingerprint density at radius 1 is 1.28 bits per heavy atom. The number of aromatic nitrogens is 3. The second kappa shape index (κ2) is 9.93. The number of aryl methyl sites for hydroxylation is 1. The lowest BCUT2D eigenvalue weighted by Crippen LogP contribution is -2.24. The zero-order valence-electron chi connectivity index (χ0n) is 17.2. The number of nitrogens with one attached hydrogen (secondary N) is 3. The molecule has 0 atom stereocenters. The molecule has 5 N–H and O–H groups in total.